The monoisotopic (exact) mass is 251 g/mol. The maximum Gasteiger partial charge on any atom is 0.163 e. The summed E-state index contributed by atoms with van der Waals surface area (Å²) >= 11 is 0. The molecule has 0 spiro atoms. The van der Waals surface area contributed by atoms with Gasteiger partial charge in [-0.2, -0.15) is 15.8 Å². The van der Waals surface area contributed by atoms with Crippen LogP contribution in [0.2, 0.25) is 0 Å². The minimum absolute atomic E-state index is 0.0528. The first kappa shape index (κ1) is 14.1. The van der Waals surface area contributed by atoms with E-state index in [1.54, 1.807) is 24.3 Å². The molecule has 0 radical (unpaired) electrons. The van der Waals surface area contributed by atoms with Crippen LogP contribution in [0.3, 0.4) is 0 Å². The highest BCUT2D eigenvalue weighted by Crippen LogP contribution is 2.23. The molecule has 0 aliphatic heterocycles. The summed E-state index contributed by atoms with van der Waals surface area (Å²) in [4.78, 5) is 0. The van der Waals surface area contributed by atoms with Crippen molar-refractivity contribution < 1.29 is 0 Å². The van der Waals surface area contributed by atoms with E-state index >= 15 is 0 Å². The highest BCUT2D eigenvalue weighted by atomic mass is 15.0. The molecule has 1 aromatic rings. The number of allylic oxidation sites excluding steroid dienone is 2. The molecule has 0 fully saturated rings. The number of para-hydroxylation sites is 2. The standard InChI is InChI=1S/C14H13N5/c1-10(2)18-12-5-3-4-6-13(12)19-14(9-17)11(7-15)8-16/h3-6,10,18-19H,1-2H3. The second-order valence-electron chi connectivity index (χ2n) is 4.06. The van der Waals surface area contributed by atoms with Gasteiger partial charge in [-0.15, -0.1) is 0 Å². The number of benzene rings is 1. The van der Waals surface area contributed by atoms with E-state index in [9.17, 15) is 0 Å². The molecule has 0 unspecified atom stereocenters. The number of hydrogen-bond acceptors (Lipinski definition) is 5. The molecule has 0 aromatic heterocycles. The summed E-state index contributed by atoms with van der Waals surface area (Å²) in [6.07, 6.45) is 0. The SMILES string of the molecule is CC(C)Nc1ccccc1NC(C#N)=C(C#N)C#N. The molecular formula is C14H13N5. The molecule has 0 atom stereocenters. The Balaban J connectivity index is 3.14. The van der Waals surface area contributed by atoms with E-state index in [0.29, 0.717) is 5.69 Å². The van der Waals surface area contributed by atoms with Crippen LogP contribution in [0, 0.1) is 34.0 Å². The molecule has 1 rings (SSSR count). The largest absolute Gasteiger partial charge is 0.381 e. The van der Waals surface area contributed by atoms with Gasteiger partial charge in [-0.1, -0.05) is 12.1 Å². The van der Waals surface area contributed by atoms with Gasteiger partial charge < -0.3 is 10.6 Å². The average molecular weight is 251 g/mol. The van der Waals surface area contributed by atoms with Crippen LogP contribution in [0.15, 0.2) is 35.5 Å². The predicted molar refractivity (Wildman–Crippen MR) is 72.7 cm³/mol. The minimum atomic E-state index is -0.234. The second kappa shape index (κ2) is 6.69. The Hall–Kier alpha value is -2.97. The van der Waals surface area contributed by atoms with Gasteiger partial charge in [0.1, 0.15) is 23.9 Å². The van der Waals surface area contributed by atoms with Crippen LogP contribution >= 0.6 is 0 Å². The second-order valence-corrected chi connectivity index (χ2v) is 4.06. The summed E-state index contributed by atoms with van der Waals surface area (Å²) in [5.74, 6) is 0. The van der Waals surface area contributed by atoms with E-state index in [0.717, 1.165) is 5.69 Å². The van der Waals surface area contributed by atoms with Gasteiger partial charge >= 0.3 is 0 Å². The highest BCUT2D eigenvalue weighted by Gasteiger charge is 2.09. The molecule has 0 saturated carbocycles. The summed E-state index contributed by atoms with van der Waals surface area (Å²) in [6.45, 7) is 3.99. The first-order chi connectivity index (χ1) is 9.12. The smallest absolute Gasteiger partial charge is 0.163 e. The number of nitriles is 3. The average Bonchev–Trinajstić information content (AvgIpc) is 2.40. The van der Waals surface area contributed by atoms with Crippen molar-refractivity contribution in [1.29, 1.82) is 15.8 Å². The zero-order chi connectivity index (χ0) is 14.3. The fraction of sp³-hybridized carbons (Fsp3) is 0.214. The first-order valence-corrected chi connectivity index (χ1v) is 5.69. The predicted octanol–water partition coefficient (Wildman–Crippen LogP) is 2.74. The fourth-order valence-corrected chi connectivity index (χ4v) is 1.45. The summed E-state index contributed by atoms with van der Waals surface area (Å²) in [6, 6.07) is 12.7. The van der Waals surface area contributed by atoms with E-state index in [2.05, 4.69) is 10.6 Å². The lowest BCUT2D eigenvalue weighted by atomic mass is 10.2. The van der Waals surface area contributed by atoms with Crippen molar-refractivity contribution in [3.05, 3.63) is 35.5 Å². The van der Waals surface area contributed by atoms with E-state index in [1.165, 1.54) is 0 Å². The molecule has 0 aliphatic rings. The van der Waals surface area contributed by atoms with Gasteiger partial charge in [-0.25, -0.2) is 0 Å². The maximum atomic E-state index is 9.00. The van der Waals surface area contributed by atoms with Crippen LogP contribution in [0.4, 0.5) is 11.4 Å². The van der Waals surface area contributed by atoms with Gasteiger partial charge in [0, 0.05) is 6.04 Å². The third kappa shape index (κ3) is 3.77. The Labute approximate surface area is 112 Å². The van der Waals surface area contributed by atoms with Crippen LogP contribution in [-0.4, -0.2) is 6.04 Å². The number of nitrogens with one attached hydrogen (secondary N) is 2. The van der Waals surface area contributed by atoms with Crippen molar-refractivity contribution in [1.82, 2.24) is 0 Å². The van der Waals surface area contributed by atoms with Crippen molar-refractivity contribution in [2.45, 2.75) is 19.9 Å². The molecule has 0 bridgehead atoms. The molecule has 1 aromatic carbocycles. The van der Waals surface area contributed by atoms with Gasteiger partial charge in [0.05, 0.1) is 11.4 Å². The highest BCUT2D eigenvalue weighted by molar-refractivity contribution is 5.72. The molecule has 0 aliphatic carbocycles. The molecule has 2 N–H and O–H groups in total. The normalized spacial score (nSPS) is 8.84. The Morgan fingerprint density at radius 2 is 1.58 bits per heavy atom. The summed E-state index contributed by atoms with van der Waals surface area (Å²) in [5.41, 5.74) is 1.17. The van der Waals surface area contributed by atoms with Gasteiger partial charge in [-0.3, -0.25) is 0 Å². The zero-order valence-corrected chi connectivity index (χ0v) is 10.7. The Bertz CT molecular complexity index is 592. The molecule has 5 nitrogen and oxygen atoms in total. The number of anilines is 2. The van der Waals surface area contributed by atoms with E-state index in [-0.39, 0.29) is 17.3 Å². The third-order valence-corrected chi connectivity index (χ3v) is 2.22. The van der Waals surface area contributed by atoms with E-state index < -0.39 is 0 Å². The van der Waals surface area contributed by atoms with E-state index in [1.807, 2.05) is 32.0 Å². The number of rotatable bonds is 4. The van der Waals surface area contributed by atoms with Crippen molar-refractivity contribution in [2.24, 2.45) is 0 Å². The van der Waals surface area contributed by atoms with Crippen molar-refractivity contribution in [2.75, 3.05) is 10.6 Å². The lowest BCUT2D eigenvalue weighted by Gasteiger charge is -2.15. The van der Waals surface area contributed by atoms with Crippen LogP contribution in [0.1, 0.15) is 13.8 Å². The van der Waals surface area contributed by atoms with E-state index in [4.69, 9.17) is 15.8 Å². The quantitative estimate of drug-likeness (QED) is 0.802. The zero-order valence-electron chi connectivity index (χ0n) is 10.7. The van der Waals surface area contributed by atoms with Crippen molar-refractivity contribution >= 4 is 11.4 Å². The van der Waals surface area contributed by atoms with Gasteiger partial charge in [0.2, 0.25) is 0 Å². The summed E-state index contributed by atoms with van der Waals surface area (Å²) in [5, 5.41) is 32.6. The molecule has 0 amide bonds. The number of nitrogens with zero attached hydrogens (tertiary/aromatic N) is 3. The maximum absolute atomic E-state index is 9.00. The molecule has 5 heteroatoms. The molecular weight excluding hydrogens is 238 g/mol. The fourth-order valence-electron chi connectivity index (χ4n) is 1.45. The summed E-state index contributed by atoms with van der Waals surface area (Å²) in [7, 11) is 0. The van der Waals surface area contributed by atoms with Crippen LogP contribution in [0.5, 0.6) is 0 Å². The lowest BCUT2D eigenvalue weighted by molar-refractivity contribution is 0.900. The van der Waals surface area contributed by atoms with Crippen LogP contribution in [0.25, 0.3) is 0 Å². The van der Waals surface area contributed by atoms with Gasteiger partial charge in [0.15, 0.2) is 5.57 Å². The Kier molecular flexibility index (Phi) is 4.96. The van der Waals surface area contributed by atoms with Crippen molar-refractivity contribution in [3.63, 3.8) is 0 Å². The molecule has 0 saturated heterocycles. The molecule has 0 heterocycles. The van der Waals surface area contributed by atoms with Gasteiger partial charge in [-0.05, 0) is 26.0 Å². The topological polar surface area (TPSA) is 95.4 Å². The van der Waals surface area contributed by atoms with Gasteiger partial charge in [0.25, 0.3) is 0 Å². The molecule has 19 heavy (non-hydrogen) atoms. The Morgan fingerprint density at radius 3 is 2.05 bits per heavy atom. The van der Waals surface area contributed by atoms with Crippen LogP contribution in [-0.2, 0) is 0 Å². The number of hydrogen-bond donors (Lipinski definition) is 2. The summed E-state index contributed by atoms with van der Waals surface area (Å²) < 4.78 is 0. The first-order valence-electron chi connectivity index (χ1n) is 5.69. The van der Waals surface area contributed by atoms with Crippen LogP contribution < -0.4 is 10.6 Å². The third-order valence-electron chi connectivity index (χ3n) is 2.22. The Morgan fingerprint density at radius 1 is 1.00 bits per heavy atom. The minimum Gasteiger partial charge on any atom is -0.381 e. The molecule has 94 valence electrons. The lowest BCUT2D eigenvalue weighted by Crippen LogP contribution is -2.12. The van der Waals surface area contributed by atoms with Crippen molar-refractivity contribution in [3.8, 4) is 18.2 Å².